The molecule has 2 saturated carbocycles. The van der Waals surface area contributed by atoms with Gasteiger partial charge in [0.25, 0.3) is 0 Å². The van der Waals surface area contributed by atoms with Crippen molar-refractivity contribution in [1.29, 1.82) is 0 Å². The van der Waals surface area contributed by atoms with Crippen LogP contribution in [0, 0.1) is 6.92 Å². The van der Waals surface area contributed by atoms with Crippen LogP contribution in [0.5, 0.6) is 0 Å². The van der Waals surface area contributed by atoms with Crippen molar-refractivity contribution in [2.45, 2.75) is 61.9 Å². The first-order chi connectivity index (χ1) is 14.2. The van der Waals surface area contributed by atoms with E-state index in [1.807, 2.05) is 36.6 Å². The fourth-order valence-electron chi connectivity index (χ4n) is 3.30. The van der Waals surface area contributed by atoms with E-state index in [1.54, 1.807) is 23.1 Å². The number of rotatable bonds is 8. The van der Waals surface area contributed by atoms with E-state index in [-0.39, 0.29) is 5.91 Å². The molecule has 0 radical (unpaired) electrons. The van der Waals surface area contributed by atoms with Gasteiger partial charge in [-0.3, -0.25) is 4.79 Å². The Hall–Kier alpha value is -2.19. The zero-order chi connectivity index (χ0) is 19.8. The molecule has 1 N–H and O–H groups in total. The average Bonchev–Trinajstić information content (AvgIpc) is 3.64. The molecule has 0 spiro atoms. The minimum atomic E-state index is -0.0371. The highest BCUT2D eigenvalue weighted by Gasteiger charge is 2.36. The van der Waals surface area contributed by atoms with Gasteiger partial charge in [0, 0.05) is 28.8 Å². The van der Waals surface area contributed by atoms with Crippen LogP contribution in [-0.4, -0.2) is 25.7 Å². The number of amides is 1. The standard InChI is InChI=1S/C21H23N5OS2/c1-13-2-6-15(7-3-13)22-18(27)10-19-23-16(11-28-19)12-29-21-25-24-20(14-4-5-14)26(21)17-8-9-17/h2-3,6-7,11,14,17H,4-5,8-10,12H2,1H3,(H,22,27). The summed E-state index contributed by atoms with van der Waals surface area (Å²) in [5.41, 5.74) is 2.99. The largest absolute Gasteiger partial charge is 0.326 e. The minimum Gasteiger partial charge on any atom is -0.326 e. The molecule has 2 aliphatic rings. The normalized spacial score (nSPS) is 16.2. The van der Waals surface area contributed by atoms with Crippen molar-refractivity contribution in [3.05, 3.63) is 51.7 Å². The van der Waals surface area contributed by atoms with Crippen molar-refractivity contribution in [1.82, 2.24) is 19.7 Å². The average molecular weight is 426 g/mol. The predicted molar refractivity (Wildman–Crippen MR) is 115 cm³/mol. The van der Waals surface area contributed by atoms with E-state index in [0.717, 1.165) is 27.3 Å². The Morgan fingerprint density at radius 2 is 2.00 bits per heavy atom. The first-order valence-electron chi connectivity index (χ1n) is 10.0. The van der Waals surface area contributed by atoms with Crippen molar-refractivity contribution in [3.63, 3.8) is 0 Å². The SMILES string of the molecule is Cc1ccc(NC(=O)Cc2nc(CSc3nnc(C4CC4)n3C3CC3)cs2)cc1. The van der Waals surface area contributed by atoms with Crippen molar-refractivity contribution in [3.8, 4) is 0 Å². The molecule has 1 amide bonds. The van der Waals surface area contributed by atoms with Crippen LogP contribution in [-0.2, 0) is 17.0 Å². The summed E-state index contributed by atoms with van der Waals surface area (Å²) in [6.07, 6.45) is 5.27. The second-order valence-corrected chi connectivity index (χ2v) is 9.71. The highest BCUT2D eigenvalue weighted by Crippen LogP contribution is 2.46. The van der Waals surface area contributed by atoms with Gasteiger partial charge in [0.15, 0.2) is 5.16 Å². The molecule has 1 aromatic carbocycles. The number of nitrogens with one attached hydrogen (secondary N) is 1. The summed E-state index contributed by atoms with van der Waals surface area (Å²) in [7, 11) is 0. The smallest absolute Gasteiger partial charge is 0.231 e. The summed E-state index contributed by atoms with van der Waals surface area (Å²) in [6.45, 7) is 2.03. The Bertz CT molecular complexity index is 1020. The number of carbonyl (C=O) groups excluding carboxylic acids is 1. The molecule has 0 aliphatic heterocycles. The van der Waals surface area contributed by atoms with Crippen LogP contribution in [0.4, 0.5) is 5.69 Å². The molecule has 0 atom stereocenters. The summed E-state index contributed by atoms with van der Waals surface area (Å²) < 4.78 is 2.37. The number of benzene rings is 1. The Morgan fingerprint density at radius 3 is 2.72 bits per heavy atom. The predicted octanol–water partition coefficient (Wildman–Crippen LogP) is 4.73. The molecule has 29 heavy (non-hydrogen) atoms. The minimum absolute atomic E-state index is 0.0371. The lowest BCUT2D eigenvalue weighted by atomic mass is 10.2. The van der Waals surface area contributed by atoms with E-state index in [0.29, 0.717) is 18.4 Å². The molecule has 5 rings (SSSR count). The lowest BCUT2D eigenvalue weighted by molar-refractivity contribution is -0.115. The highest BCUT2D eigenvalue weighted by molar-refractivity contribution is 7.98. The fourth-order valence-corrected chi connectivity index (χ4v) is 5.10. The Morgan fingerprint density at radius 1 is 1.21 bits per heavy atom. The number of thiazole rings is 1. The molecule has 2 fully saturated rings. The van der Waals surface area contributed by atoms with Crippen LogP contribution >= 0.6 is 23.1 Å². The molecule has 150 valence electrons. The summed E-state index contributed by atoms with van der Waals surface area (Å²) in [4.78, 5) is 16.9. The molecule has 2 aliphatic carbocycles. The maximum atomic E-state index is 12.3. The first kappa shape index (κ1) is 18.8. The van der Waals surface area contributed by atoms with Crippen LogP contribution in [0.25, 0.3) is 0 Å². The molecule has 2 aromatic heterocycles. The number of nitrogens with zero attached hydrogens (tertiary/aromatic N) is 4. The van der Waals surface area contributed by atoms with Crippen LogP contribution in [0.15, 0.2) is 34.8 Å². The second kappa shape index (κ2) is 7.91. The van der Waals surface area contributed by atoms with Gasteiger partial charge in [0.2, 0.25) is 5.91 Å². The monoisotopic (exact) mass is 425 g/mol. The maximum Gasteiger partial charge on any atom is 0.231 e. The number of hydrogen-bond donors (Lipinski definition) is 1. The van der Waals surface area contributed by atoms with Crippen molar-refractivity contribution in [2.75, 3.05) is 5.32 Å². The fraction of sp³-hybridized carbons (Fsp3) is 0.429. The first-order valence-corrected chi connectivity index (χ1v) is 11.9. The molecular weight excluding hydrogens is 402 g/mol. The molecule has 8 heteroatoms. The number of thioether (sulfide) groups is 1. The van der Waals surface area contributed by atoms with E-state index in [4.69, 9.17) is 0 Å². The van der Waals surface area contributed by atoms with E-state index in [2.05, 4.69) is 25.1 Å². The van der Waals surface area contributed by atoms with Gasteiger partial charge in [-0.05, 0) is 44.7 Å². The molecule has 2 heterocycles. The van der Waals surface area contributed by atoms with Crippen LogP contribution < -0.4 is 5.32 Å². The molecule has 0 saturated heterocycles. The molecule has 0 bridgehead atoms. The third-order valence-electron chi connectivity index (χ3n) is 5.14. The maximum absolute atomic E-state index is 12.3. The van der Waals surface area contributed by atoms with Gasteiger partial charge in [-0.15, -0.1) is 21.5 Å². The Labute approximate surface area is 178 Å². The van der Waals surface area contributed by atoms with E-state index in [1.165, 1.54) is 37.1 Å². The lowest BCUT2D eigenvalue weighted by Crippen LogP contribution is -2.14. The van der Waals surface area contributed by atoms with Gasteiger partial charge in [-0.25, -0.2) is 4.98 Å². The zero-order valence-electron chi connectivity index (χ0n) is 16.3. The summed E-state index contributed by atoms with van der Waals surface area (Å²) in [6, 6.07) is 8.42. The molecule has 6 nitrogen and oxygen atoms in total. The number of hydrogen-bond acceptors (Lipinski definition) is 6. The number of aromatic nitrogens is 4. The Kier molecular flexibility index (Phi) is 5.13. The van der Waals surface area contributed by atoms with Crippen molar-refractivity contribution in [2.24, 2.45) is 0 Å². The van der Waals surface area contributed by atoms with Gasteiger partial charge in [-0.1, -0.05) is 29.5 Å². The van der Waals surface area contributed by atoms with Gasteiger partial charge >= 0.3 is 0 Å². The second-order valence-electron chi connectivity index (χ2n) is 7.83. The van der Waals surface area contributed by atoms with Crippen LogP contribution in [0.2, 0.25) is 0 Å². The van der Waals surface area contributed by atoms with E-state index >= 15 is 0 Å². The highest BCUT2D eigenvalue weighted by atomic mass is 32.2. The van der Waals surface area contributed by atoms with Crippen molar-refractivity contribution >= 4 is 34.7 Å². The van der Waals surface area contributed by atoms with E-state index in [9.17, 15) is 4.79 Å². The van der Waals surface area contributed by atoms with Gasteiger partial charge < -0.3 is 9.88 Å². The van der Waals surface area contributed by atoms with Gasteiger partial charge in [0.1, 0.15) is 10.8 Å². The zero-order valence-corrected chi connectivity index (χ0v) is 17.9. The van der Waals surface area contributed by atoms with Crippen LogP contribution in [0.1, 0.15) is 59.7 Å². The topological polar surface area (TPSA) is 72.7 Å². The van der Waals surface area contributed by atoms with Crippen molar-refractivity contribution < 1.29 is 4.79 Å². The number of carbonyl (C=O) groups is 1. The molecular formula is C21H23N5OS2. The van der Waals surface area contributed by atoms with Gasteiger partial charge in [-0.2, -0.15) is 0 Å². The summed E-state index contributed by atoms with van der Waals surface area (Å²) in [5, 5.41) is 15.7. The third-order valence-corrected chi connectivity index (χ3v) is 7.02. The Balaban J connectivity index is 1.18. The lowest BCUT2D eigenvalue weighted by Gasteiger charge is -2.07. The summed E-state index contributed by atoms with van der Waals surface area (Å²) >= 11 is 3.24. The van der Waals surface area contributed by atoms with Crippen LogP contribution in [0.3, 0.4) is 0 Å². The number of anilines is 1. The summed E-state index contributed by atoms with van der Waals surface area (Å²) in [5.74, 6) is 2.52. The molecule has 3 aromatic rings. The van der Waals surface area contributed by atoms with E-state index < -0.39 is 0 Å². The number of aryl methyl sites for hydroxylation is 1. The molecule has 0 unspecified atom stereocenters. The van der Waals surface area contributed by atoms with Gasteiger partial charge in [0.05, 0.1) is 12.1 Å². The quantitative estimate of drug-likeness (QED) is 0.528. The third kappa shape index (κ3) is 4.53.